The van der Waals surface area contributed by atoms with Crippen molar-refractivity contribution in [1.29, 1.82) is 0 Å². The number of rotatable bonds is 3. The predicted molar refractivity (Wildman–Crippen MR) is 106 cm³/mol. The Morgan fingerprint density at radius 2 is 1.69 bits per heavy atom. The van der Waals surface area contributed by atoms with Crippen LogP contribution in [0.15, 0.2) is 59.4 Å². The van der Waals surface area contributed by atoms with Crippen molar-refractivity contribution in [2.45, 2.75) is 31.7 Å². The summed E-state index contributed by atoms with van der Waals surface area (Å²) in [4.78, 5) is 15.5. The quantitative estimate of drug-likeness (QED) is 0.726. The molecule has 4 heteroatoms. The smallest absolute Gasteiger partial charge is 0.274 e. The van der Waals surface area contributed by atoms with Crippen LogP contribution in [-0.4, -0.2) is 34.8 Å². The van der Waals surface area contributed by atoms with E-state index in [1.807, 2.05) is 30.3 Å². The van der Waals surface area contributed by atoms with Crippen LogP contribution in [0.1, 0.15) is 36.6 Å². The van der Waals surface area contributed by atoms with Gasteiger partial charge < -0.3 is 4.90 Å². The van der Waals surface area contributed by atoms with E-state index in [1.165, 1.54) is 5.56 Å². The lowest BCUT2D eigenvalue weighted by Gasteiger charge is -2.19. The summed E-state index contributed by atoms with van der Waals surface area (Å²) in [7, 11) is 2.15. The molecular formula is C22H25N3O. The molecule has 1 saturated heterocycles. The minimum Gasteiger partial charge on any atom is -0.306 e. The summed E-state index contributed by atoms with van der Waals surface area (Å²) in [6.45, 7) is 2.11. The lowest BCUT2D eigenvalue weighted by molar-refractivity contribution is 0.334. The number of benzene rings is 2. The van der Waals surface area contributed by atoms with Crippen molar-refractivity contribution in [1.82, 2.24) is 14.7 Å². The summed E-state index contributed by atoms with van der Waals surface area (Å²) < 4.78 is 1.78. The second-order valence-electron chi connectivity index (χ2n) is 7.29. The zero-order valence-corrected chi connectivity index (χ0v) is 15.3. The minimum atomic E-state index is 0.0481. The number of fused-ring (bicyclic) bond motifs is 1. The topological polar surface area (TPSA) is 38.1 Å². The number of hydrogen-bond acceptors (Lipinski definition) is 3. The first kappa shape index (κ1) is 17.0. The highest BCUT2D eigenvalue weighted by Crippen LogP contribution is 2.23. The van der Waals surface area contributed by atoms with Crippen molar-refractivity contribution >= 4 is 10.8 Å². The maximum absolute atomic E-state index is 13.1. The molecule has 0 spiro atoms. The van der Waals surface area contributed by atoms with Crippen LogP contribution in [0.25, 0.3) is 10.8 Å². The van der Waals surface area contributed by atoms with Gasteiger partial charge in [-0.25, -0.2) is 4.68 Å². The van der Waals surface area contributed by atoms with Crippen molar-refractivity contribution in [3.05, 3.63) is 76.2 Å². The summed E-state index contributed by atoms with van der Waals surface area (Å²) in [6, 6.07) is 18.4. The molecule has 1 aliphatic rings. The third-order valence-electron chi connectivity index (χ3n) is 5.39. The highest BCUT2D eigenvalue weighted by molar-refractivity contribution is 5.83. The zero-order valence-electron chi connectivity index (χ0n) is 15.3. The molecule has 0 N–H and O–H groups in total. The first-order valence-electron chi connectivity index (χ1n) is 9.45. The van der Waals surface area contributed by atoms with E-state index in [0.29, 0.717) is 0 Å². The monoisotopic (exact) mass is 347 g/mol. The van der Waals surface area contributed by atoms with E-state index >= 15 is 0 Å². The molecule has 0 radical (unpaired) electrons. The van der Waals surface area contributed by atoms with Gasteiger partial charge in [0.15, 0.2) is 0 Å². The molecule has 0 amide bonds. The Morgan fingerprint density at radius 3 is 2.50 bits per heavy atom. The molecule has 3 aromatic rings. The molecule has 2 aromatic carbocycles. The highest BCUT2D eigenvalue weighted by Gasteiger charge is 2.20. The fourth-order valence-corrected chi connectivity index (χ4v) is 3.91. The molecule has 134 valence electrons. The van der Waals surface area contributed by atoms with Gasteiger partial charge in [-0.3, -0.25) is 4.79 Å². The highest BCUT2D eigenvalue weighted by atomic mass is 16.1. The van der Waals surface area contributed by atoms with Gasteiger partial charge in [0.1, 0.15) is 0 Å². The van der Waals surface area contributed by atoms with Gasteiger partial charge in [0.25, 0.3) is 5.56 Å². The predicted octanol–water partition coefficient (Wildman–Crippen LogP) is 3.64. The van der Waals surface area contributed by atoms with Gasteiger partial charge in [-0.05, 0) is 51.0 Å². The third-order valence-corrected chi connectivity index (χ3v) is 5.39. The molecule has 1 aliphatic heterocycles. The standard InChI is InChI=1S/C22H25N3O/c1-24-14-7-10-18(13-15-24)25-22(26)20-12-6-5-11-19(20)21(23-25)16-17-8-3-2-4-9-17/h2-6,8-9,11-12,18H,7,10,13-16H2,1H3. The average Bonchev–Trinajstić information content (AvgIpc) is 2.89. The number of likely N-dealkylation sites (tertiary alicyclic amines) is 1. The molecule has 1 fully saturated rings. The lowest BCUT2D eigenvalue weighted by Crippen LogP contribution is -2.29. The molecule has 0 bridgehead atoms. The van der Waals surface area contributed by atoms with Crippen molar-refractivity contribution < 1.29 is 0 Å². The van der Waals surface area contributed by atoms with E-state index in [2.05, 4.69) is 36.2 Å². The van der Waals surface area contributed by atoms with Crippen molar-refractivity contribution in [2.75, 3.05) is 20.1 Å². The normalized spacial score (nSPS) is 18.7. The Kier molecular flexibility index (Phi) is 4.85. The second-order valence-corrected chi connectivity index (χ2v) is 7.29. The molecule has 4 nitrogen and oxygen atoms in total. The first-order chi connectivity index (χ1) is 12.7. The van der Waals surface area contributed by atoms with E-state index in [-0.39, 0.29) is 11.6 Å². The van der Waals surface area contributed by atoms with Crippen molar-refractivity contribution in [2.24, 2.45) is 0 Å². The van der Waals surface area contributed by atoms with Crippen molar-refractivity contribution in [3.63, 3.8) is 0 Å². The largest absolute Gasteiger partial charge is 0.306 e. The van der Waals surface area contributed by atoms with Crippen LogP contribution in [-0.2, 0) is 6.42 Å². The van der Waals surface area contributed by atoms with E-state index < -0.39 is 0 Å². The maximum Gasteiger partial charge on any atom is 0.274 e. The molecule has 0 saturated carbocycles. The van der Waals surface area contributed by atoms with E-state index in [9.17, 15) is 4.79 Å². The minimum absolute atomic E-state index is 0.0481. The van der Waals surface area contributed by atoms with E-state index in [4.69, 9.17) is 5.10 Å². The summed E-state index contributed by atoms with van der Waals surface area (Å²) in [5.74, 6) is 0. The Balaban J connectivity index is 1.80. The number of nitrogens with zero attached hydrogens (tertiary/aromatic N) is 3. The van der Waals surface area contributed by atoms with Gasteiger partial charge in [-0.1, -0.05) is 48.5 Å². The Bertz CT molecular complexity index is 949. The Hall–Kier alpha value is -2.46. The maximum atomic E-state index is 13.1. The third kappa shape index (κ3) is 3.42. The molecule has 4 rings (SSSR count). The summed E-state index contributed by atoms with van der Waals surface area (Å²) in [5.41, 5.74) is 2.26. The average molecular weight is 347 g/mol. The van der Waals surface area contributed by atoms with Crippen LogP contribution < -0.4 is 5.56 Å². The molecule has 2 heterocycles. The Morgan fingerprint density at radius 1 is 0.962 bits per heavy atom. The van der Waals surface area contributed by atoms with Crippen LogP contribution in [0.5, 0.6) is 0 Å². The lowest BCUT2D eigenvalue weighted by atomic mass is 10.0. The van der Waals surface area contributed by atoms with Crippen LogP contribution in [0.3, 0.4) is 0 Å². The van der Waals surface area contributed by atoms with Gasteiger partial charge in [-0.15, -0.1) is 0 Å². The molecule has 26 heavy (non-hydrogen) atoms. The second kappa shape index (κ2) is 7.42. The summed E-state index contributed by atoms with van der Waals surface area (Å²) >= 11 is 0. The Labute approximate surface area is 154 Å². The van der Waals surface area contributed by atoms with Gasteiger partial charge in [0, 0.05) is 11.8 Å². The van der Waals surface area contributed by atoms with Crippen LogP contribution in [0.2, 0.25) is 0 Å². The number of hydrogen-bond donors (Lipinski definition) is 0. The molecule has 1 unspecified atom stereocenters. The SMILES string of the molecule is CN1CCCC(n2nc(Cc3ccccc3)c3ccccc3c2=O)CC1. The van der Waals surface area contributed by atoms with Crippen LogP contribution >= 0.6 is 0 Å². The van der Waals surface area contributed by atoms with Gasteiger partial charge in [0.05, 0.1) is 17.1 Å². The molecular weight excluding hydrogens is 322 g/mol. The first-order valence-corrected chi connectivity index (χ1v) is 9.45. The van der Waals surface area contributed by atoms with Gasteiger partial charge in [-0.2, -0.15) is 5.10 Å². The van der Waals surface area contributed by atoms with E-state index in [0.717, 1.165) is 55.2 Å². The molecule has 1 atom stereocenters. The zero-order chi connectivity index (χ0) is 17.9. The fraction of sp³-hybridized carbons (Fsp3) is 0.364. The number of aromatic nitrogens is 2. The van der Waals surface area contributed by atoms with E-state index in [1.54, 1.807) is 4.68 Å². The summed E-state index contributed by atoms with van der Waals surface area (Å²) in [5, 5.41) is 6.63. The van der Waals surface area contributed by atoms with Crippen molar-refractivity contribution in [3.8, 4) is 0 Å². The molecule has 0 aliphatic carbocycles. The molecule has 1 aromatic heterocycles. The fourth-order valence-electron chi connectivity index (χ4n) is 3.91. The summed E-state index contributed by atoms with van der Waals surface area (Å²) in [6.07, 6.45) is 3.84. The van der Waals surface area contributed by atoms with Gasteiger partial charge in [0.2, 0.25) is 0 Å². The van der Waals surface area contributed by atoms with Gasteiger partial charge >= 0.3 is 0 Å². The van der Waals surface area contributed by atoms with Crippen LogP contribution in [0, 0.1) is 0 Å². The van der Waals surface area contributed by atoms with Crippen LogP contribution in [0.4, 0.5) is 0 Å².